The average Bonchev–Trinajstić information content (AvgIpc) is 2.18. The standard InChI is InChI=1S/C9H16N2O4/c1-2-15-9(14)11-5-3-10(4-6-11)7-8(12)13/h2-7H2,1H3,(H,12,13). The van der Waals surface area contributed by atoms with Gasteiger partial charge in [-0.1, -0.05) is 0 Å². The first-order valence-corrected chi connectivity index (χ1v) is 4.99. The van der Waals surface area contributed by atoms with Crippen LogP contribution in [-0.2, 0) is 9.53 Å². The number of carboxylic acids is 1. The van der Waals surface area contributed by atoms with Gasteiger partial charge < -0.3 is 14.7 Å². The van der Waals surface area contributed by atoms with E-state index in [9.17, 15) is 9.59 Å². The van der Waals surface area contributed by atoms with Gasteiger partial charge in [0.2, 0.25) is 0 Å². The van der Waals surface area contributed by atoms with Crippen LogP contribution in [0.5, 0.6) is 0 Å². The highest BCUT2D eigenvalue weighted by molar-refractivity contribution is 5.69. The SMILES string of the molecule is CCOC(=O)N1CCN(CC(=O)O)CC1. The molecule has 86 valence electrons. The molecule has 0 saturated carbocycles. The normalized spacial score (nSPS) is 17.5. The molecule has 0 unspecified atom stereocenters. The number of piperazine rings is 1. The van der Waals surface area contributed by atoms with Gasteiger partial charge >= 0.3 is 12.1 Å². The highest BCUT2D eigenvalue weighted by atomic mass is 16.6. The van der Waals surface area contributed by atoms with Crippen molar-refractivity contribution < 1.29 is 19.4 Å². The van der Waals surface area contributed by atoms with Crippen LogP contribution in [0, 0.1) is 0 Å². The molecule has 1 rings (SSSR count). The average molecular weight is 216 g/mol. The molecule has 1 heterocycles. The molecule has 6 heteroatoms. The summed E-state index contributed by atoms with van der Waals surface area (Å²) in [5.41, 5.74) is 0. The van der Waals surface area contributed by atoms with Gasteiger partial charge in [-0.3, -0.25) is 9.69 Å². The van der Waals surface area contributed by atoms with E-state index in [1.807, 2.05) is 0 Å². The number of rotatable bonds is 3. The number of carboxylic acid groups (broad SMARTS) is 1. The molecule has 0 bridgehead atoms. The van der Waals surface area contributed by atoms with Crippen molar-refractivity contribution in [1.82, 2.24) is 9.80 Å². The summed E-state index contributed by atoms with van der Waals surface area (Å²) in [5.74, 6) is -0.834. The van der Waals surface area contributed by atoms with Crippen LogP contribution in [0.4, 0.5) is 4.79 Å². The number of nitrogens with zero attached hydrogens (tertiary/aromatic N) is 2. The molecule has 1 amide bonds. The highest BCUT2D eigenvalue weighted by Crippen LogP contribution is 2.03. The number of hydrogen-bond acceptors (Lipinski definition) is 4. The lowest BCUT2D eigenvalue weighted by Crippen LogP contribution is -2.50. The van der Waals surface area contributed by atoms with Crippen molar-refractivity contribution in [3.8, 4) is 0 Å². The maximum atomic E-state index is 11.3. The lowest BCUT2D eigenvalue weighted by atomic mass is 10.3. The fraction of sp³-hybridized carbons (Fsp3) is 0.778. The number of hydrogen-bond donors (Lipinski definition) is 1. The first kappa shape index (κ1) is 11.8. The van der Waals surface area contributed by atoms with E-state index in [0.717, 1.165) is 0 Å². The maximum absolute atomic E-state index is 11.3. The van der Waals surface area contributed by atoms with E-state index in [1.54, 1.807) is 16.7 Å². The molecule has 6 nitrogen and oxygen atoms in total. The Morgan fingerprint density at radius 1 is 1.27 bits per heavy atom. The first-order chi connectivity index (χ1) is 7.13. The lowest BCUT2D eigenvalue weighted by molar-refractivity contribution is -0.138. The van der Waals surface area contributed by atoms with Gasteiger partial charge in [-0.25, -0.2) is 4.79 Å². The third-order valence-corrected chi connectivity index (χ3v) is 2.26. The third kappa shape index (κ3) is 3.75. The van der Waals surface area contributed by atoms with Crippen LogP contribution in [0.2, 0.25) is 0 Å². The topological polar surface area (TPSA) is 70.1 Å². The van der Waals surface area contributed by atoms with Crippen molar-refractivity contribution >= 4 is 12.1 Å². The number of carbonyl (C=O) groups is 2. The minimum Gasteiger partial charge on any atom is -0.480 e. The van der Waals surface area contributed by atoms with Gasteiger partial charge in [0.05, 0.1) is 13.2 Å². The van der Waals surface area contributed by atoms with Gasteiger partial charge in [0.15, 0.2) is 0 Å². The smallest absolute Gasteiger partial charge is 0.409 e. The summed E-state index contributed by atoms with van der Waals surface area (Å²) in [7, 11) is 0. The maximum Gasteiger partial charge on any atom is 0.409 e. The van der Waals surface area contributed by atoms with Crippen molar-refractivity contribution in [1.29, 1.82) is 0 Å². The Morgan fingerprint density at radius 2 is 1.87 bits per heavy atom. The zero-order valence-corrected chi connectivity index (χ0v) is 8.81. The van der Waals surface area contributed by atoms with Gasteiger partial charge in [0.1, 0.15) is 0 Å². The van der Waals surface area contributed by atoms with Gasteiger partial charge in [0.25, 0.3) is 0 Å². The van der Waals surface area contributed by atoms with E-state index < -0.39 is 5.97 Å². The van der Waals surface area contributed by atoms with Crippen LogP contribution in [-0.4, -0.2) is 66.3 Å². The van der Waals surface area contributed by atoms with Crippen LogP contribution < -0.4 is 0 Å². The Morgan fingerprint density at radius 3 is 2.33 bits per heavy atom. The van der Waals surface area contributed by atoms with Gasteiger partial charge in [-0.2, -0.15) is 0 Å². The fourth-order valence-corrected chi connectivity index (χ4v) is 1.49. The predicted octanol–water partition coefficient (Wildman–Crippen LogP) is -0.155. The van der Waals surface area contributed by atoms with Crippen LogP contribution in [0.15, 0.2) is 0 Å². The van der Waals surface area contributed by atoms with E-state index >= 15 is 0 Å². The Labute approximate surface area is 88.4 Å². The molecule has 0 spiro atoms. The molecule has 1 aliphatic heterocycles. The molecule has 0 aromatic carbocycles. The quantitative estimate of drug-likeness (QED) is 0.710. The number of amides is 1. The molecule has 0 aliphatic carbocycles. The first-order valence-electron chi connectivity index (χ1n) is 4.99. The summed E-state index contributed by atoms with van der Waals surface area (Å²) in [5, 5.41) is 8.58. The monoisotopic (exact) mass is 216 g/mol. The zero-order chi connectivity index (χ0) is 11.3. The number of carbonyl (C=O) groups excluding carboxylic acids is 1. The third-order valence-electron chi connectivity index (χ3n) is 2.26. The minimum atomic E-state index is -0.834. The largest absolute Gasteiger partial charge is 0.480 e. The van der Waals surface area contributed by atoms with E-state index in [-0.39, 0.29) is 12.6 Å². The molecule has 15 heavy (non-hydrogen) atoms. The summed E-state index contributed by atoms with van der Waals surface area (Å²) in [4.78, 5) is 25.1. The van der Waals surface area contributed by atoms with E-state index in [0.29, 0.717) is 32.8 Å². The summed E-state index contributed by atoms with van der Waals surface area (Å²) in [6.07, 6.45) is -0.313. The minimum absolute atomic E-state index is 0.0384. The van der Waals surface area contributed by atoms with Crippen LogP contribution >= 0.6 is 0 Å². The summed E-state index contributed by atoms with van der Waals surface area (Å²) >= 11 is 0. The number of ether oxygens (including phenoxy) is 1. The molecule has 1 saturated heterocycles. The van der Waals surface area contributed by atoms with Crippen LogP contribution in [0.1, 0.15) is 6.92 Å². The Kier molecular flexibility index (Phi) is 4.36. The predicted molar refractivity (Wildman–Crippen MR) is 52.7 cm³/mol. The van der Waals surface area contributed by atoms with E-state index in [2.05, 4.69) is 0 Å². The molecule has 1 aliphatic rings. The highest BCUT2D eigenvalue weighted by Gasteiger charge is 2.22. The Hall–Kier alpha value is -1.30. The van der Waals surface area contributed by atoms with Gasteiger partial charge in [-0.05, 0) is 6.92 Å². The fourth-order valence-electron chi connectivity index (χ4n) is 1.49. The lowest BCUT2D eigenvalue weighted by Gasteiger charge is -2.32. The van der Waals surface area contributed by atoms with Crippen LogP contribution in [0.3, 0.4) is 0 Å². The van der Waals surface area contributed by atoms with Crippen molar-refractivity contribution in [2.45, 2.75) is 6.92 Å². The van der Waals surface area contributed by atoms with Crippen molar-refractivity contribution in [2.75, 3.05) is 39.3 Å². The summed E-state index contributed by atoms with van der Waals surface area (Å²) < 4.78 is 4.85. The molecular formula is C9H16N2O4. The molecule has 0 aromatic heterocycles. The van der Waals surface area contributed by atoms with Crippen molar-refractivity contribution in [2.24, 2.45) is 0 Å². The summed E-state index contributed by atoms with van der Waals surface area (Å²) in [6, 6.07) is 0. The van der Waals surface area contributed by atoms with Gasteiger partial charge in [-0.15, -0.1) is 0 Å². The molecule has 1 fully saturated rings. The zero-order valence-electron chi connectivity index (χ0n) is 8.81. The molecular weight excluding hydrogens is 200 g/mol. The molecule has 0 atom stereocenters. The second kappa shape index (κ2) is 5.55. The molecule has 0 aromatic rings. The van der Waals surface area contributed by atoms with Crippen molar-refractivity contribution in [3.05, 3.63) is 0 Å². The van der Waals surface area contributed by atoms with Crippen molar-refractivity contribution in [3.63, 3.8) is 0 Å². The molecule has 0 radical (unpaired) electrons. The van der Waals surface area contributed by atoms with Gasteiger partial charge in [0, 0.05) is 26.2 Å². The Balaban J connectivity index is 2.29. The van der Waals surface area contributed by atoms with Crippen LogP contribution in [0.25, 0.3) is 0 Å². The number of aliphatic carboxylic acids is 1. The van der Waals surface area contributed by atoms with E-state index in [1.165, 1.54) is 0 Å². The summed E-state index contributed by atoms with van der Waals surface area (Å²) in [6.45, 7) is 4.41. The van der Waals surface area contributed by atoms with E-state index in [4.69, 9.17) is 9.84 Å². The Bertz CT molecular complexity index is 236. The second-order valence-corrected chi connectivity index (χ2v) is 3.36. The molecule has 1 N–H and O–H groups in total. The second-order valence-electron chi connectivity index (χ2n) is 3.36.